The fourth-order valence-corrected chi connectivity index (χ4v) is 1.71. The van der Waals surface area contributed by atoms with Gasteiger partial charge in [-0.25, -0.2) is 4.79 Å². The fraction of sp³-hybridized carbons (Fsp3) is 0.533. The molecule has 0 aliphatic rings. The van der Waals surface area contributed by atoms with Gasteiger partial charge in [-0.15, -0.1) is 0 Å². The normalized spacial score (nSPS) is 12.7. The highest BCUT2D eigenvalue weighted by Gasteiger charge is 2.19. The summed E-state index contributed by atoms with van der Waals surface area (Å²) in [6.07, 6.45) is 0.404. The first-order valence-corrected chi connectivity index (χ1v) is 6.49. The molecule has 0 unspecified atom stereocenters. The Balaban J connectivity index is 2.69. The molecule has 0 aliphatic carbocycles. The lowest BCUT2D eigenvalue weighted by Crippen LogP contribution is -2.34. The predicted octanol–water partition coefficient (Wildman–Crippen LogP) is 3.67. The Morgan fingerprint density at radius 2 is 1.84 bits per heavy atom. The summed E-state index contributed by atoms with van der Waals surface area (Å²) in [5.74, 6) is 0.802. The highest BCUT2D eigenvalue weighted by molar-refractivity contribution is 5.68. The highest BCUT2D eigenvalue weighted by Crippen LogP contribution is 2.20. The van der Waals surface area contributed by atoms with E-state index < -0.39 is 11.7 Å². The number of carbonyl (C=O) groups excluding carboxylic acids is 1. The van der Waals surface area contributed by atoms with Gasteiger partial charge in [0.25, 0.3) is 0 Å². The average molecular weight is 265 g/mol. The Morgan fingerprint density at radius 1 is 1.26 bits per heavy atom. The van der Waals surface area contributed by atoms with Crippen LogP contribution in [0, 0.1) is 0 Å². The molecule has 0 heterocycles. The minimum absolute atomic E-state index is 0.0549. The maximum absolute atomic E-state index is 11.8. The van der Waals surface area contributed by atoms with Crippen LogP contribution >= 0.6 is 0 Å². The molecule has 4 nitrogen and oxygen atoms in total. The number of methoxy groups -OCH3 is 1. The lowest BCUT2D eigenvalue weighted by atomic mass is 10.0. The summed E-state index contributed by atoms with van der Waals surface area (Å²) in [7, 11) is 1.63. The van der Waals surface area contributed by atoms with Crippen molar-refractivity contribution >= 4 is 6.09 Å². The molecule has 106 valence electrons. The van der Waals surface area contributed by atoms with E-state index in [1.807, 2.05) is 52.0 Å². The van der Waals surface area contributed by atoms with Crippen LogP contribution in [0.3, 0.4) is 0 Å². The lowest BCUT2D eigenvalue weighted by molar-refractivity contribution is 0.0502. The van der Waals surface area contributed by atoms with Gasteiger partial charge < -0.3 is 14.8 Å². The van der Waals surface area contributed by atoms with Gasteiger partial charge in [-0.1, -0.05) is 19.1 Å². The first-order chi connectivity index (χ1) is 8.85. The first kappa shape index (κ1) is 15.3. The van der Waals surface area contributed by atoms with Crippen molar-refractivity contribution in [1.29, 1.82) is 0 Å². The van der Waals surface area contributed by atoms with Crippen LogP contribution in [-0.2, 0) is 4.74 Å². The summed E-state index contributed by atoms with van der Waals surface area (Å²) in [5, 5.41) is 2.88. The molecule has 0 bridgehead atoms. The maximum Gasteiger partial charge on any atom is 0.408 e. The Kier molecular flexibility index (Phi) is 5.21. The number of rotatable bonds is 4. The molecule has 0 aliphatic heterocycles. The zero-order valence-corrected chi connectivity index (χ0v) is 12.3. The van der Waals surface area contributed by atoms with E-state index >= 15 is 0 Å². The Hall–Kier alpha value is -1.71. The van der Waals surface area contributed by atoms with Crippen LogP contribution in [0.4, 0.5) is 4.79 Å². The van der Waals surface area contributed by atoms with Gasteiger partial charge in [-0.2, -0.15) is 0 Å². The quantitative estimate of drug-likeness (QED) is 0.903. The molecule has 0 saturated heterocycles. The van der Waals surface area contributed by atoms with E-state index in [1.165, 1.54) is 0 Å². The van der Waals surface area contributed by atoms with Crippen molar-refractivity contribution in [2.45, 2.75) is 45.8 Å². The van der Waals surface area contributed by atoms with Gasteiger partial charge in [0.2, 0.25) is 0 Å². The molecular formula is C15H23NO3. The number of ether oxygens (including phenoxy) is 2. The fourth-order valence-electron chi connectivity index (χ4n) is 1.71. The number of carbonyl (C=O) groups is 1. The second kappa shape index (κ2) is 6.45. The molecule has 1 rings (SSSR count). The summed E-state index contributed by atoms with van der Waals surface area (Å²) in [6, 6.07) is 7.61. The third kappa shape index (κ3) is 5.20. The zero-order valence-electron chi connectivity index (χ0n) is 12.3. The van der Waals surface area contributed by atoms with Crippen LogP contribution in [0.1, 0.15) is 45.7 Å². The van der Waals surface area contributed by atoms with Crippen molar-refractivity contribution < 1.29 is 14.3 Å². The maximum atomic E-state index is 11.8. The van der Waals surface area contributed by atoms with E-state index in [0.29, 0.717) is 0 Å². The lowest BCUT2D eigenvalue weighted by Gasteiger charge is -2.23. The first-order valence-electron chi connectivity index (χ1n) is 6.49. The van der Waals surface area contributed by atoms with Crippen molar-refractivity contribution in [1.82, 2.24) is 5.32 Å². The average Bonchev–Trinajstić information content (AvgIpc) is 2.34. The van der Waals surface area contributed by atoms with Gasteiger partial charge in [0, 0.05) is 0 Å². The Bertz CT molecular complexity index is 406. The second-order valence-electron chi connectivity index (χ2n) is 5.38. The van der Waals surface area contributed by atoms with E-state index in [-0.39, 0.29) is 6.04 Å². The van der Waals surface area contributed by atoms with Crippen molar-refractivity contribution in [3.05, 3.63) is 29.8 Å². The van der Waals surface area contributed by atoms with Crippen LogP contribution in [0.25, 0.3) is 0 Å². The Morgan fingerprint density at radius 3 is 2.26 bits per heavy atom. The monoisotopic (exact) mass is 265 g/mol. The SMILES string of the molecule is CC[C@H](NC(=O)OC(C)(C)C)c1ccc(OC)cc1. The smallest absolute Gasteiger partial charge is 0.408 e. The van der Waals surface area contributed by atoms with E-state index in [9.17, 15) is 4.79 Å². The summed E-state index contributed by atoms with van der Waals surface area (Å²) in [5.41, 5.74) is 0.552. The molecule has 0 aromatic heterocycles. The molecule has 1 N–H and O–H groups in total. The van der Waals surface area contributed by atoms with Gasteiger partial charge in [-0.05, 0) is 44.9 Å². The largest absolute Gasteiger partial charge is 0.497 e. The summed E-state index contributed by atoms with van der Waals surface area (Å²) in [4.78, 5) is 11.8. The number of amides is 1. The third-order valence-corrected chi connectivity index (χ3v) is 2.62. The predicted molar refractivity (Wildman–Crippen MR) is 75.4 cm³/mol. The second-order valence-corrected chi connectivity index (χ2v) is 5.38. The van der Waals surface area contributed by atoms with Crippen molar-refractivity contribution in [3.8, 4) is 5.75 Å². The third-order valence-electron chi connectivity index (χ3n) is 2.62. The van der Waals surface area contributed by atoms with E-state index in [2.05, 4.69) is 5.32 Å². The number of nitrogens with one attached hydrogen (secondary N) is 1. The minimum atomic E-state index is -0.484. The van der Waals surface area contributed by atoms with Crippen LogP contribution < -0.4 is 10.1 Å². The topological polar surface area (TPSA) is 47.6 Å². The van der Waals surface area contributed by atoms with E-state index in [4.69, 9.17) is 9.47 Å². The van der Waals surface area contributed by atoms with Crippen LogP contribution in [-0.4, -0.2) is 18.8 Å². The Labute approximate surface area is 115 Å². The molecule has 19 heavy (non-hydrogen) atoms. The molecule has 0 radical (unpaired) electrons. The molecular weight excluding hydrogens is 242 g/mol. The molecule has 4 heteroatoms. The standard InChI is InChI=1S/C15H23NO3/c1-6-13(16-14(17)19-15(2,3)4)11-7-9-12(18-5)10-8-11/h7-10,13H,6H2,1-5H3,(H,16,17)/t13-/m0/s1. The minimum Gasteiger partial charge on any atom is -0.497 e. The van der Waals surface area contributed by atoms with Crippen LogP contribution in [0.5, 0.6) is 5.75 Å². The molecule has 1 aromatic carbocycles. The summed E-state index contributed by atoms with van der Waals surface area (Å²) >= 11 is 0. The number of alkyl carbamates (subject to hydrolysis) is 1. The molecule has 0 spiro atoms. The number of hydrogen-bond donors (Lipinski definition) is 1. The zero-order chi connectivity index (χ0) is 14.5. The molecule has 0 saturated carbocycles. The van der Waals surface area contributed by atoms with Gasteiger partial charge in [0.1, 0.15) is 11.4 Å². The van der Waals surface area contributed by atoms with Crippen molar-refractivity contribution in [3.63, 3.8) is 0 Å². The van der Waals surface area contributed by atoms with Crippen LogP contribution in [0.15, 0.2) is 24.3 Å². The van der Waals surface area contributed by atoms with Gasteiger partial charge in [0.15, 0.2) is 0 Å². The molecule has 1 amide bonds. The van der Waals surface area contributed by atoms with Gasteiger partial charge in [-0.3, -0.25) is 0 Å². The van der Waals surface area contributed by atoms with Gasteiger partial charge in [0.05, 0.1) is 13.2 Å². The molecule has 1 atom stereocenters. The highest BCUT2D eigenvalue weighted by atomic mass is 16.6. The van der Waals surface area contributed by atoms with Gasteiger partial charge >= 0.3 is 6.09 Å². The molecule has 1 aromatic rings. The molecule has 0 fully saturated rings. The summed E-state index contributed by atoms with van der Waals surface area (Å²) < 4.78 is 10.4. The van der Waals surface area contributed by atoms with Crippen molar-refractivity contribution in [2.24, 2.45) is 0 Å². The van der Waals surface area contributed by atoms with E-state index in [0.717, 1.165) is 17.7 Å². The number of benzene rings is 1. The van der Waals surface area contributed by atoms with Crippen molar-refractivity contribution in [2.75, 3.05) is 7.11 Å². The van der Waals surface area contributed by atoms with Crippen LogP contribution in [0.2, 0.25) is 0 Å². The summed E-state index contributed by atoms with van der Waals surface area (Å²) in [6.45, 7) is 7.56. The van der Waals surface area contributed by atoms with E-state index in [1.54, 1.807) is 7.11 Å². The number of hydrogen-bond acceptors (Lipinski definition) is 3.